The van der Waals surface area contributed by atoms with Crippen molar-refractivity contribution in [3.63, 3.8) is 0 Å². The third kappa shape index (κ3) is 7.01. The van der Waals surface area contributed by atoms with Gasteiger partial charge in [-0.2, -0.15) is 0 Å². The number of rotatable bonds is 9. The van der Waals surface area contributed by atoms with Gasteiger partial charge in [0, 0.05) is 25.7 Å². The van der Waals surface area contributed by atoms with Crippen LogP contribution in [0.3, 0.4) is 0 Å². The van der Waals surface area contributed by atoms with Gasteiger partial charge in [0.25, 0.3) is 0 Å². The summed E-state index contributed by atoms with van der Waals surface area (Å²) in [6, 6.07) is 0.329. The predicted octanol–water partition coefficient (Wildman–Crippen LogP) is 1.68. The van der Waals surface area contributed by atoms with Gasteiger partial charge in [0.1, 0.15) is 0 Å². The van der Waals surface area contributed by atoms with Gasteiger partial charge in [-0.1, -0.05) is 41.0 Å². The molecule has 4 nitrogen and oxygen atoms in total. The van der Waals surface area contributed by atoms with Crippen molar-refractivity contribution in [2.24, 2.45) is 5.92 Å². The molecule has 1 atom stereocenters. The van der Waals surface area contributed by atoms with Crippen LogP contribution >= 0.6 is 0 Å². The van der Waals surface area contributed by atoms with E-state index in [-0.39, 0.29) is 5.75 Å². The molecule has 1 unspecified atom stereocenters. The summed E-state index contributed by atoms with van der Waals surface area (Å²) in [5.41, 5.74) is 0. The highest BCUT2D eigenvalue weighted by molar-refractivity contribution is 7.89. The molecule has 0 bridgehead atoms. The molecule has 1 N–H and O–H groups in total. The van der Waals surface area contributed by atoms with Gasteiger partial charge < -0.3 is 5.32 Å². The molecule has 0 saturated carbocycles. The van der Waals surface area contributed by atoms with Gasteiger partial charge in [-0.05, 0) is 5.92 Å². The lowest BCUT2D eigenvalue weighted by molar-refractivity contribution is 0.361. The Kier molecular flexibility index (Phi) is 8.00. The maximum atomic E-state index is 12.1. The molecule has 104 valence electrons. The van der Waals surface area contributed by atoms with E-state index in [2.05, 4.69) is 19.2 Å². The van der Waals surface area contributed by atoms with E-state index in [0.29, 0.717) is 31.6 Å². The number of hydrogen-bond acceptors (Lipinski definition) is 3. The summed E-state index contributed by atoms with van der Waals surface area (Å²) in [6.07, 6.45) is 1.01. The van der Waals surface area contributed by atoms with Crippen molar-refractivity contribution < 1.29 is 8.42 Å². The fraction of sp³-hybridized carbons (Fsp3) is 1.00. The zero-order chi connectivity index (χ0) is 13.5. The highest BCUT2D eigenvalue weighted by Gasteiger charge is 2.21. The summed E-state index contributed by atoms with van der Waals surface area (Å²) < 4.78 is 25.8. The van der Waals surface area contributed by atoms with Gasteiger partial charge in [0.15, 0.2) is 0 Å². The highest BCUT2D eigenvalue weighted by Crippen LogP contribution is 2.09. The molecule has 0 aromatic carbocycles. The molecule has 0 amide bonds. The van der Waals surface area contributed by atoms with Crippen molar-refractivity contribution in [2.75, 3.05) is 25.4 Å². The number of nitrogens with one attached hydrogen (secondary N) is 1. The minimum atomic E-state index is -3.10. The van der Waals surface area contributed by atoms with Crippen LogP contribution in [0.5, 0.6) is 0 Å². The van der Waals surface area contributed by atoms with E-state index in [9.17, 15) is 8.42 Å². The Morgan fingerprint density at radius 2 is 1.76 bits per heavy atom. The lowest BCUT2D eigenvalue weighted by atomic mass is 10.1. The zero-order valence-corrected chi connectivity index (χ0v) is 12.7. The predicted molar refractivity (Wildman–Crippen MR) is 73.6 cm³/mol. The molecule has 0 heterocycles. The van der Waals surface area contributed by atoms with Crippen LogP contribution in [-0.2, 0) is 10.0 Å². The van der Waals surface area contributed by atoms with Gasteiger partial charge >= 0.3 is 0 Å². The molecule has 0 rings (SSSR count). The SMILES string of the molecule is CCC(C)CN(CC)S(=O)(=O)CCNC(C)C. The van der Waals surface area contributed by atoms with Crippen molar-refractivity contribution in [3.05, 3.63) is 0 Å². The van der Waals surface area contributed by atoms with Crippen LogP contribution < -0.4 is 5.32 Å². The third-order valence-corrected chi connectivity index (χ3v) is 4.79. The van der Waals surface area contributed by atoms with E-state index >= 15 is 0 Å². The first-order valence-corrected chi connectivity index (χ1v) is 8.15. The Hall–Kier alpha value is -0.130. The van der Waals surface area contributed by atoms with Crippen LogP contribution in [0.15, 0.2) is 0 Å². The Labute approximate surface area is 107 Å². The van der Waals surface area contributed by atoms with Crippen LogP contribution in [0.4, 0.5) is 0 Å². The van der Waals surface area contributed by atoms with Crippen molar-refractivity contribution in [2.45, 2.75) is 47.1 Å². The van der Waals surface area contributed by atoms with Gasteiger partial charge in [0.2, 0.25) is 10.0 Å². The van der Waals surface area contributed by atoms with Crippen LogP contribution in [0.25, 0.3) is 0 Å². The summed E-state index contributed by atoms with van der Waals surface area (Å²) in [7, 11) is -3.10. The molecule has 0 saturated heterocycles. The van der Waals surface area contributed by atoms with Crippen molar-refractivity contribution in [3.8, 4) is 0 Å². The monoisotopic (exact) mass is 264 g/mol. The van der Waals surface area contributed by atoms with E-state index in [0.717, 1.165) is 6.42 Å². The largest absolute Gasteiger partial charge is 0.313 e. The van der Waals surface area contributed by atoms with E-state index in [1.165, 1.54) is 0 Å². The minimum absolute atomic E-state index is 0.190. The molecule has 0 aliphatic carbocycles. The summed E-state index contributed by atoms with van der Waals surface area (Å²) >= 11 is 0. The van der Waals surface area contributed by atoms with Gasteiger partial charge in [-0.3, -0.25) is 0 Å². The molecule has 0 radical (unpaired) electrons. The van der Waals surface area contributed by atoms with Gasteiger partial charge in [0.05, 0.1) is 5.75 Å². The number of sulfonamides is 1. The maximum Gasteiger partial charge on any atom is 0.215 e. The maximum absolute atomic E-state index is 12.1. The summed E-state index contributed by atoms with van der Waals surface area (Å²) in [5.74, 6) is 0.609. The standard InChI is InChI=1S/C12H28N2O2S/c1-6-12(5)10-14(7-2)17(15,16)9-8-13-11(3)4/h11-13H,6-10H2,1-5H3. The van der Waals surface area contributed by atoms with Gasteiger partial charge in [-0.15, -0.1) is 0 Å². The second kappa shape index (κ2) is 8.06. The molecule has 0 aliphatic rings. The molecule has 0 fully saturated rings. The van der Waals surface area contributed by atoms with Gasteiger partial charge in [-0.25, -0.2) is 12.7 Å². The Bertz CT molecular complexity index is 289. The molecular weight excluding hydrogens is 236 g/mol. The first-order chi connectivity index (χ1) is 7.83. The number of nitrogens with zero attached hydrogens (tertiary/aromatic N) is 1. The molecule has 0 aromatic heterocycles. The van der Waals surface area contributed by atoms with E-state index in [1.807, 2.05) is 20.8 Å². The number of hydrogen-bond donors (Lipinski definition) is 1. The minimum Gasteiger partial charge on any atom is -0.313 e. The molecule has 0 aliphatic heterocycles. The molecular formula is C12H28N2O2S. The average Bonchev–Trinajstić information content (AvgIpc) is 2.24. The average molecular weight is 264 g/mol. The second-order valence-electron chi connectivity index (χ2n) is 4.89. The third-order valence-electron chi connectivity index (χ3n) is 2.87. The smallest absolute Gasteiger partial charge is 0.215 e. The molecule has 0 spiro atoms. The molecule has 17 heavy (non-hydrogen) atoms. The second-order valence-corrected chi connectivity index (χ2v) is 6.98. The normalized spacial score (nSPS) is 14.5. The zero-order valence-electron chi connectivity index (χ0n) is 11.9. The Morgan fingerprint density at radius 1 is 1.18 bits per heavy atom. The first kappa shape index (κ1) is 16.9. The van der Waals surface area contributed by atoms with E-state index < -0.39 is 10.0 Å². The van der Waals surface area contributed by atoms with Crippen molar-refractivity contribution in [1.82, 2.24) is 9.62 Å². The quantitative estimate of drug-likeness (QED) is 0.689. The molecule has 0 aromatic rings. The van der Waals surface area contributed by atoms with E-state index in [1.54, 1.807) is 4.31 Å². The lowest BCUT2D eigenvalue weighted by Gasteiger charge is -2.23. The van der Waals surface area contributed by atoms with Crippen LogP contribution in [-0.4, -0.2) is 44.2 Å². The van der Waals surface area contributed by atoms with Crippen LogP contribution in [0, 0.1) is 5.92 Å². The Morgan fingerprint density at radius 3 is 2.18 bits per heavy atom. The van der Waals surface area contributed by atoms with Crippen LogP contribution in [0.1, 0.15) is 41.0 Å². The highest BCUT2D eigenvalue weighted by atomic mass is 32.2. The molecule has 5 heteroatoms. The summed E-state index contributed by atoms with van der Waals surface area (Å²) in [6.45, 7) is 11.8. The first-order valence-electron chi connectivity index (χ1n) is 6.54. The summed E-state index contributed by atoms with van der Waals surface area (Å²) in [5, 5.41) is 3.14. The lowest BCUT2D eigenvalue weighted by Crippen LogP contribution is -2.39. The summed E-state index contributed by atoms with van der Waals surface area (Å²) in [4.78, 5) is 0. The van der Waals surface area contributed by atoms with Crippen LogP contribution in [0.2, 0.25) is 0 Å². The topological polar surface area (TPSA) is 49.4 Å². The van der Waals surface area contributed by atoms with E-state index in [4.69, 9.17) is 0 Å². The van der Waals surface area contributed by atoms with Crippen molar-refractivity contribution >= 4 is 10.0 Å². The fourth-order valence-electron chi connectivity index (χ4n) is 1.52. The Balaban J connectivity index is 4.33. The fourth-order valence-corrected chi connectivity index (χ4v) is 3.03. The van der Waals surface area contributed by atoms with Crippen molar-refractivity contribution in [1.29, 1.82) is 0 Å².